The third-order valence-corrected chi connectivity index (χ3v) is 5.46. The van der Waals surface area contributed by atoms with E-state index in [9.17, 15) is 0 Å². The van der Waals surface area contributed by atoms with Crippen LogP contribution in [-0.2, 0) is 4.74 Å². The maximum absolute atomic E-state index is 6.06. The standard InChI is InChI=1S/C24H32N2O5.B.Li/c1-2-6-22-21(5-1)28-17-11-25-9-15-27-16-10-26(12-18-29-22)14-20-31-24-8-4-3-7-23(24)30-19-13-25;;/h1-8H,9-20H2;;/q;-1;+1. The van der Waals surface area contributed by atoms with Crippen LogP contribution in [0.1, 0.15) is 0 Å². The van der Waals surface area contributed by atoms with Crippen molar-refractivity contribution in [1.29, 1.82) is 0 Å². The summed E-state index contributed by atoms with van der Waals surface area (Å²) in [7, 11) is 0. The van der Waals surface area contributed by atoms with Crippen LogP contribution in [0.3, 0.4) is 0 Å². The van der Waals surface area contributed by atoms with Crippen LogP contribution in [0, 0.1) is 0 Å². The Morgan fingerprint density at radius 1 is 0.455 bits per heavy atom. The van der Waals surface area contributed by atoms with Gasteiger partial charge in [0, 0.05) is 39.3 Å². The summed E-state index contributed by atoms with van der Waals surface area (Å²) in [5, 5.41) is 0. The van der Waals surface area contributed by atoms with Gasteiger partial charge >= 0.3 is 18.9 Å². The average Bonchev–Trinajstić information content (AvgIpc) is 2.80. The molecule has 0 aliphatic carbocycles. The van der Waals surface area contributed by atoms with Crippen LogP contribution in [-0.4, -0.2) is 97.1 Å². The first-order chi connectivity index (χ1) is 15.4. The minimum absolute atomic E-state index is 0. The van der Waals surface area contributed by atoms with E-state index in [-0.39, 0.29) is 27.3 Å². The van der Waals surface area contributed by atoms with Crippen molar-refractivity contribution in [3.63, 3.8) is 0 Å². The van der Waals surface area contributed by atoms with Crippen LogP contribution in [0.15, 0.2) is 48.5 Å². The van der Waals surface area contributed by atoms with E-state index in [0.717, 1.165) is 62.3 Å². The van der Waals surface area contributed by atoms with Gasteiger partial charge in [-0.3, -0.25) is 9.80 Å². The predicted molar refractivity (Wildman–Crippen MR) is 124 cm³/mol. The third kappa shape index (κ3) is 8.80. The number of rotatable bonds is 0. The molecule has 2 heterocycles. The van der Waals surface area contributed by atoms with Crippen LogP contribution < -0.4 is 37.8 Å². The Labute approximate surface area is 211 Å². The largest absolute Gasteiger partial charge is 1.00 e. The molecule has 7 nitrogen and oxygen atoms in total. The quantitative estimate of drug-likeness (QED) is 0.387. The summed E-state index contributed by atoms with van der Waals surface area (Å²) in [4.78, 5) is 4.62. The van der Waals surface area contributed by atoms with Gasteiger partial charge in [-0.2, -0.15) is 0 Å². The number of ether oxygens (including phenoxy) is 5. The van der Waals surface area contributed by atoms with Crippen molar-refractivity contribution in [3.05, 3.63) is 48.5 Å². The Bertz CT molecular complexity index is 692. The molecule has 0 saturated carbocycles. The van der Waals surface area contributed by atoms with Gasteiger partial charge < -0.3 is 32.1 Å². The topological polar surface area (TPSA) is 52.6 Å². The minimum atomic E-state index is 0. The number of hydrogen-bond acceptors (Lipinski definition) is 7. The molecule has 2 aromatic carbocycles. The Kier molecular flexibility index (Phi) is 12.6. The second-order valence-electron chi connectivity index (χ2n) is 7.58. The van der Waals surface area contributed by atoms with Gasteiger partial charge in [-0.15, -0.1) is 0 Å². The average molecular weight is 446 g/mol. The van der Waals surface area contributed by atoms with E-state index in [1.165, 1.54) is 0 Å². The second kappa shape index (κ2) is 15.2. The first kappa shape index (κ1) is 27.4. The molecule has 2 aliphatic rings. The van der Waals surface area contributed by atoms with Gasteiger partial charge in [0.05, 0.1) is 13.2 Å². The molecule has 0 aromatic heterocycles. The summed E-state index contributed by atoms with van der Waals surface area (Å²) in [6.07, 6.45) is 0. The molecule has 2 bridgehead atoms. The molecule has 172 valence electrons. The van der Waals surface area contributed by atoms with E-state index in [2.05, 4.69) is 9.80 Å². The summed E-state index contributed by atoms with van der Waals surface area (Å²) in [5.74, 6) is 3.15. The normalized spacial score (nSPS) is 22.1. The molecule has 33 heavy (non-hydrogen) atoms. The Morgan fingerprint density at radius 2 is 0.727 bits per heavy atom. The fourth-order valence-corrected chi connectivity index (χ4v) is 3.68. The van der Waals surface area contributed by atoms with Gasteiger partial charge in [-0.05, 0) is 24.3 Å². The first-order valence-corrected chi connectivity index (χ1v) is 11.1. The molecule has 0 N–H and O–H groups in total. The van der Waals surface area contributed by atoms with Gasteiger partial charge in [0.15, 0.2) is 23.0 Å². The molecule has 0 saturated heterocycles. The van der Waals surface area contributed by atoms with Crippen molar-refractivity contribution in [2.75, 3.05) is 78.9 Å². The molecule has 2 aromatic rings. The van der Waals surface area contributed by atoms with E-state index in [0.29, 0.717) is 39.6 Å². The number of benzene rings is 2. The summed E-state index contributed by atoms with van der Waals surface area (Å²) < 4.78 is 30.2. The van der Waals surface area contributed by atoms with Crippen LogP contribution >= 0.6 is 0 Å². The second-order valence-corrected chi connectivity index (χ2v) is 7.58. The molecule has 0 fully saturated rings. The Hall–Kier alpha value is -1.82. The van der Waals surface area contributed by atoms with Gasteiger partial charge in [-0.1, -0.05) is 24.3 Å². The van der Waals surface area contributed by atoms with Crippen LogP contribution in [0.25, 0.3) is 0 Å². The van der Waals surface area contributed by atoms with Crippen LogP contribution in [0.5, 0.6) is 23.0 Å². The van der Waals surface area contributed by atoms with Gasteiger partial charge in [-0.25, -0.2) is 0 Å². The summed E-state index contributed by atoms with van der Waals surface area (Å²) in [6.45, 7) is 8.48. The van der Waals surface area contributed by atoms with Gasteiger partial charge in [0.25, 0.3) is 0 Å². The molecule has 0 amide bonds. The van der Waals surface area contributed by atoms with E-state index in [4.69, 9.17) is 23.7 Å². The molecule has 0 spiro atoms. The zero-order valence-corrected chi connectivity index (χ0v) is 19.6. The van der Waals surface area contributed by atoms with E-state index in [1.807, 2.05) is 48.5 Å². The van der Waals surface area contributed by atoms with E-state index < -0.39 is 0 Å². The zero-order valence-electron chi connectivity index (χ0n) is 19.6. The third-order valence-electron chi connectivity index (χ3n) is 5.46. The van der Waals surface area contributed by atoms with Crippen molar-refractivity contribution in [2.45, 2.75) is 0 Å². The maximum atomic E-state index is 6.06. The van der Waals surface area contributed by atoms with Gasteiger partial charge in [0.1, 0.15) is 26.4 Å². The number of nitrogens with zero attached hydrogens (tertiary/aromatic N) is 2. The maximum Gasteiger partial charge on any atom is 1.00 e. The molecule has 4 rings (SSSR count). The minimum Gasteiger partial charge on any atom is -1.00 e. The van der Waals surface area contributed by atoms with Crippen LogP contribution in [0.4, 0.5) is 0 Å². The molecular weight excluding hydrogens is 414 g/mol. The zero-order chi connectivity index (χ0) is 21.1. The van der Waals surface area contributed by atoms with Crippen molar-refractivity contribution in [2.24, 2.45) is 0 Å². The first-order valence-electron chi connectivity index (χ1n) is 11.1. The smallest absolute Gasteiger partial charge is 1.00 e. The SMILES string of the molecule is [B-].[Li+].c1ccc2c(c1)OCCN1CCOCCN(CCO2)CCOc2ccccc2OCC1. The molecule has 0 unspecified atom stereocenters. The number of para-hydroxylation sites is 4. The fraction of sp³-hybridized carbons (Fsp3) is 0.500. The molecular formula is C24H32BLiN2O5. The molecule has 2 aliphatic heterocycles. The summed E-state index contributed by atoms with van der Waals surface area (Å²) in [6, 6.07) is 15.8. The van der Waals surface area contributed by atoms with Gasteiger partial charge in [0.2, 0.25) is 0 Å². The number of hydrogen-bond donors (Lipinski definition) is 0. The molecule has 4 radical (unpaired) electrons. The van der Waals surface area contributed by atoms with Crippen molar-refractivity contribution in [1.82, 2.24) is 9.80 Å². The Balaban J connectivity index is 0.00000193. The fourth-order valence-electron chi connectivity index (χ4n) is 3.68. The van der Waals surface area contributed by atoms with Crippen molar-refractivity contribution < 1.29 is 42.5 Å². The van der Waals surface area contributed by atoms with E-state index >= 15 is 0 Å². The summed E-state index contributed by atoms with van der Waals surface area (Å²) in [5.41, 5.74) is 0. The predicted octanol–water partition coefficient (Wildman–Crippen LogP) is -0.827. The summed E-state index contributed by atoms with van der Waals surface area (Å²) >= 11 is 0. The van der Waals surface area contributed by atoms with Crippen molar-refractivity contribution >= 4 is 8.41 Å². The molecule has 9 heteroatoms. The van der Waals surface area contributed by atoms with Crippen LogP contribution in [0.2, 0.25) is 0 Å². The molecule has 0 atom stereocenters. The van der Waals surface area contributed by atoms with E-state index in [1.54, 1.807) is 0 Å². The number of fused-ring (bicyclic) bond motifs is 8. The Morgan fingerprint density at radius 3 is 1.03 bits per heavy atom. The van der Waals surface area contributed by atoms with Crippen molar-refractivity contribution in [3.8, 4) is 23.0 Å². The monoisotopic (exact) mass is 446 g/mol.